The van der Waals surface area contributed by atoms with Crippen molar-refractivity contribution in [2.24, 2.45) is 0 Å². The lowest BCUT2D eigenvalue weighted by Crippen LogP contribution is -2.04. The van der Waals surface area contributed by atoms with Crippen LogP contribution in [0, 0.1) is 11.6 Å². The van der Waals surface area contributed by atoms with Crippen LogP contribution in [-0.2, 0) is 6.54 Å². The number of nitrogen functional groups attached to an aromatic ring is 1. The van der Waals surface area contributed by atoms with Crippen molar-refractivity contribution in [3.8, 4) is 0 Å². The van der Waals surface area contributed by atoms with Crippen LogP contribution in [0.1, 0.15) is 5.56 Å². The Labute approximate surface area is 118 Å². The molecule has 2 N–H and O–H groups in total. The van der Waals surface area contributed by atoms with Gasteiger partial charge in [-0.15, -0.1) is 0 Å². The monoisotopic (exact) mass is 293 g/mol. The first-order valence-electron chi connectivity index (χ1n) is 5.90. The third kappa shape index (κ3) is 2.20. The van der Waals surface area contributed by atoms with E-state index in [1.165, 1.54) is 24.3 Å². The number of nitrogens with zero attached hydrogens (tertiary/aromatic N) is 2. The van der Waals surface area contributed by atoms with Gasteiger partial charge in [0.05, 0.1) is 22.6 Å². The van der Waals surface area contributed by atoms with Crippen LogP contribution in [0.5, 0.6) is 0 Å². The summed E-state index contributed by atoms with van der Waals surface area (Å²) in [5.41, 5.74) is 7.57. The van der Waals surface area contributed by atoms with E-state index in [-0.39, 0.29) is 16.8 Å². The summed E-state index contributed by atoms with van der Waals surface area (Å²) in [5, 5.41) is -0.00657. The fourth-order valence-corrected chi connectivity index (χ4v) is 2.28. The first-order chi connectivity index (χ1) is 9.54. The number of anilines is 1. The van der Waals surface area contributed by atoms with E-state index in [4.69, 9.17) is 17.3 Å². The van der Waals surface area contributed by atoms with Gasteiger partial charge in [0, 0.05) is 6.07 Å². The predicted octanol–water partition coefficient (Wildman–Crippen LogP) is 3.60. The van der Waals surface area contributed by atoms with Crippen LogP contribution in [0.25, 0.3) is 11.0 Å². The smallest absolute Gasteiger partial charge is 0.201 e. The fourth-order valence-electron chi connectivity index (χ4n) is 2.12. The van der Waals surface area contributed by atoms with Crippen molar-refractivity contribution in [1.82, 2.24) is 9.55 Å². The Kier molecular flexibility index (Phi) is 3.06. The standard InChI is InChI=1S/C14H10ClF2N3/c15-10-5-12-13(6-11(10)17)20(14(18)19-12)7-8-2-1-3-9(16)4-8/h1-6H,7H2,(H2,18,19). The molecule has 0 aliphatic carbocycles. The number of fused-ring (bicyclic) bond motifs is 1. The Hall–Kier alpha value is -2.14. The first-order valence-corrected chi connectivity index (χ1v) is 6.27. The lowest BCUT2D eigenvalue weighted by Gasteiger charge is -2.07. The zero-order valence-electron chi connectivity index (χ0n) is 10.3. The Balaban J connectivity index is 2.11. The molecule has 1 heterocycles. The van der Waals surface area contributed by atoms with Crippen LogP contribution in [-0.4, -0.2) is 9.55 Å². The third-order valence-electron chi connectivity index (χ3n) is 3.05. The van der Waals surface area contributed by atoms with Gasteiger partial charge in [-0.05, 0) is 23.8 Å². The number of benzene rings is 2. The number of imidazole rings is 1. The van der Waals surface area contributed by atoms with Gasteiger partial charge in [-0.1, -0.05) is 23.7 Å². The van der Waals surface area contributed by atoms with Crippen LogP contribution in [0.3, 0.4) is 0 Å². The van der Waals surface area contributed by atoms with Crippen LogP contribution < -0.4 is 5.73 Å². The lowest BCUT2D eigenvalue weighted by molar-refractivity contribution is 0.623. The molecule has 0 bridgehead atoms. The highest BCUT2D eigenvalue weighted by Gasteiger charge is 2.12. The maximum absolute atomic E-state index is 13.6. The molecule has 0 spiro atoms. The molecule has 0 saturated carbocycles. The molecule has 102 valence electrons. The van der Waals surface area contributed by atoms with Crippen molar-refractivity contribution >= 4 is 28.6 Å². The second-order valence-corrected chi connectivity index (χ2v) is 4.85. The number of aromatic nitrogens is 2. The van der Waals surface area contributed by atoms with Gasteiger partial charge in [-0.2, -0.15) is 0 Å². The molecule has 0 aliphatic heterocycles. The summed E-state index contributed by atoms with van der Waals surface area (Å²) in [6.07, 6.45) is 0. The molecule has 2 aromatic carbocycles. The highest BCUT2D eigenvalue weighted by molar-refractivity contribution is 6.31. The summed E-state index contributed by atoms with van der Waals surface area (Å²) in [7, 11) is 0. The SMILES string of the molecule is Nc1nc2cc(Cl)c(F)cc2n1Cc1cccc(F)c1. The van der Waals surface area contributed by atoms with Gasteiger partial charge in [0.25, 0.3) is 0 Å². The van der Waals surface area contributed by atoms with E-state index >= 15 is 0 Å². The van der Waals surface area contributed by atoms with Crippen LogP contribution >= 0.6 is 11.6 Å². The molecule has 3 rings (SSSR count). The summed E-state index contributed by atoms with van der Waals surface area (Å²) in [4.78, 5) is 4.13. The van der Waals surface area contributed by atoms with Gasteiger partial charge in [-0.25, -0.2) is 13.8 Å². The Morgan fingerprint density at radius 2 is 2.00 bits per heavy atom. The van der Waals surface area contributed by atoms with Crippen molar-refractivity contribution in [2.75, 3.05) is 5.73 Å². The maximum Gasteiger partial charge on any atom is 0.201 e. The molecule has 0 fully saturated rings. The average Bonchev–Trinajstić information content (AvgIpc) is 2.67. The minimum Gasteiger partial charge on any atom is -0.369 e. The van der Waals surface area contributed by atoms with E-state index in [2.05, 4.69) is 4.98 Å². The third-order valence-corrected chi connectivity index (χ3v) is 3.34. The van der Waals surface area contributed by atoms with Crippen molar-refractivity contribution in [2.45, 2.75) is 6.54 Å². The minimum atomic E-state index is -0.542. The van der Waals surface area contributed by atoms with Crippen LogP contribution in [0.4, 0.5) is 14.7 Å². The van der Waals surface area contributed by atoms with E-state index in [0.29, 0.717) is 23.1 Å². The van der Waals surface area contributed by atoms with Crippen LogP contribution in [0.2, 0.25) is 5.02 Å². The van der Waals surface area contributed by atoms with Gasteiger partial charge in [0.15, 0.2) is 0 Å². The topological polar surface area (TPSA) is 43.8 Å². The Morgan fingerprint density at radius 3 is 2.75 bits per heavy atom. The molecule has 3 aromatic rings. The van der Waals surface area contributed by atoms with Crippen molar-refractivity contribution in [1.29, 1.82) is 0 Å². The quantitative estimate of drug-likeness (QED) is 0.784. The van der Waals surface area contributed by atoms with E-state index in [1.807, 2.05) is 0 Å². The molecule has 0 saturated heterocycles. The Morgan fingerprint density at radius 1 is 1.20 bits per heavy atom. The molecule has 1 aromatic heterocycles. The first kappa shape index (κ1) is 12.9. The summed E-state index contributed by atoms with van der Waals surface area (Å²) < 4.78 is 28.4. The maximum atomic E-state index is 13.6. The van der Waals surface area contributed by atoms with Crippen molar-refractivity contribution in [3.63, 3.8) is 0 Å². The molecule has 6 heteroatoms. The summed E-state index contributed by atoms with van der Waals surface area (Å²) in [6.45, 7) is 0.307. The van der Waals surface area contributed by atoms with Crippen molar-refractivity contribution < 1.29 is 8.78 Å². The van der Waals surface area contributed by atoms with E-state index in [9.17, 15) is 8.78 Å². The van der Waals surface area contributed by atoms with E-state index in [1.54, 1.807) is 16.7 Å². The molecule has 20 heavy (non-hydrogen) atoms. The number of nitrogens with two attached hydrogens (primary N) is 1. The molecule has 0 unspecified atom stereocenters. The highest BCUT2D eigenvalue weighted by atomic mass is 35.5. The van der Waals surface area contributed by atoms with Gasteiger partial charge in [0.1, 0.15) is 11.6 Å². The molecule has 3 nitrogen and oxygen atoms in total. The van der Waals surface area contributed by atoms with E-state index in [0.717, 1.165) is 0 Å². The molecule has 0 amide bonds. The zero-order valence-corrected chi connectivity index (χ0v) is 11.0. The van der Waals surface area contributed by atoms with Crippen molar-refractivity contribution in [3.05, 3.63) is 58.6 Å². The van der Waals surface area contributed by atoms with Gasteiger partial charge in [0.2, 0.25) is 5.95 Å². The largest absolute Gasteiger partial charge is 0.369 e. The normalized spacial score (nSPS) is 11.2. The van der Waals surface area contributed by atoms with E-state index < -0.39 is 5.82 Å². The summed E-state index contributed by atoms with van der Waals surface area (Å²) in [6, 6.07) is 8.83. The van der Waals surface area contributed by atoms with Crippen LogP contribution in [0.15, 0.2) is 36.4 Å². The molecule has 0 aliphatic rings. The van der Waals surface area contributed by atoms with Gasteiger partial charge in [-0.3, -0.25) is 0 Å². The molecular weight excluding hydrogens is 284 g/mol. The second-order valence-electron chi connectivity index (χ2n) is 4.44. The lowest BCUT2D eigenvalue weighted by atomic mass is 10.2. The number of rotatable bonds is 2. The fraction of sp³-hybridized carbons (Fsp3) is 0.0714. The predicted molar refractivity (Wildman–Crippen MR) is 74.6 cm³/mol. The molecule has 0 radical (unpaired) electrons. The highest BCUT2D eigenvalue weighted by Crippen LogP contribution is 2.25. The summed E-state index contributed by atoms with van der Waals surface area (Å²) in [5.74, 6) is -0.648. The zero-order chi connectivity index (χ0) is 14.3. The molecular formula is C14H10ClF2N3. The molecule has 0 atom stereocenters. The average molecular weight is 294 g/mol. The van der Waals surface area contributed by atoms with Gasteiger partial charge >= 0.3 is 0 Å². The number of hydrogen-bond donors (Lipinski definition) is 1. The Bertz CT molecular complexity index is 798. The second kappa shape index (κ2) is 4.76. The van der Waals surface area contributed by atoms with Gasteiger partial charge < -0.3 is 10.3 Å². The minimum absolute atomic E-state index is 0.00657. The summed E-state index contributed by atoms with van der Waals surface area (Å²) >= 11 is 5.72. The number of hydrogen-bond acceptors (Lipinski definition) is 2. The number of halogens is 3.